The molecule has 5 heteroatoms. The molecule has 1 atom stereocenters. The van der Waals surface area contributed by atoms with Crippen molar-refractivity contribution >= 4 is 16.9 Å². The summed E-state index contributed by atoms with van der Waals surface area (Å²) < 4.78 is 19.0. The van der Waals surface area contributed by atoms with Gasteiger partial charge in [0.15, 0.2) is 6.29 Å². The van der Waals surface area contributed by atoms with Crippen LogP contribution in [0.1, 0.15) is 28.3 Å². The molecule has 0 aliphatic carbocycles. The van der Waals surface area contributed by atoms with Gasteiger partial charge in [-0.2, -0.15) is 0 Å². The molecule has 0 unspecified atom stereocenters. The average Bonchev–Trinajstić information content (AvgIpc) is 3.34. The first-order valence-corrected chi connectivity index (χ1v) is 9.21. The first-order chi connectivity index (χ1) is 13.2. The highest BCUT2D eigenvalue weighted by Crippen LogP contribution is 2.32. The number of hydrogen-bond donors (Lipinski definition) is 0. The number of nitrogens with zero attached hydrogens (tertiary/aromatic N) is 1. The monoisotopic (exact) mass is 365 g/mol. The second-order valence-corrected chi connectivity index (χ2v) is 6.78. The number of aromatic nitrogens is 1. The van der Waals surface area contributed by atoms with Crippen molar-refractivity contribution in [1.29, 1.82) is 0 Å². The van der Waals surface area contributed by atoms with Crippen molar-refractivity contribution in [3.05, 3.63) is 71.9 Å². The van der Waals surface area contributed by atoms with Crippen LogP contribution in [0.5, 0.6) is 0 Å². The number of carbonyl (C=O) groups excluding carboxylic acids is 1. The van der Waals surface area contributed by atoms with Crippen molar-refractivity contribution in [3.63, 3.8) is 0 Å². The van der Waals surface area contributed by atoms with Crippen LogP contribution in [0.2, 0.25) is 0 Å². The zero-order valence-electron chi connectivity index (χ0n) is 15.3. The molecule has 0 amide bonds. The number of ether oxygens (including phenoxy) is 3. The molecular weight excluding hydrogens is 342 g/mol. The first-order valence-electron chi connectivity index (χ1n) is 9.21. The summed E-state index contributed by atoms with van der Waals surface area (Å²) in [6.07, 6.45) is 2.50. The minimum absolute atomic E-state index is 0.00753. The SMILES string of the molecule is Cn1cc([C@H](COC(=O)c2ccccc2)CC2OCCO2)c2ccccc21. The highest BCUT2D eigenvalue weighted by atomic mass is 16.7. The maximum atomic E-state index is 12.4. The van der Waals surface area contributed by atoms with Crippen molar-refractivity contribution in [2.45, 2.75) is 18.6 Å². The summed E-state index contributed by atoms with van der Waals surface area (Å²) in [5, 5.41) is 1.17. The number of benzene rings is 2. The van der Waals surface area contributed by atoms with Crippen LogP contribution in [0.15, 0.2) is 60.8 Å². The Morgan fingerprint density at radius 2 is 1.81 bits per heavy atom. The molecule has 0 bridgehead atoms. The molecule has 2 heterocycles. The Morgan fingerprint density at radius 1 is 1.11 bits per heavy atom. The number of para-hydroxylation sites is 1. The molecule has 1 aliphatic rings. The van der Waals surface area contributed by atoms with Gasteiger partial charge in [-0.05, 0) is 23.8 Å². The molecular formula is C22H23NO4. The van der Waals surface area contributed by atoms with Crippen LogP contribution in [0.4, 0.5) is 0 Å². The molecule has 0 saturated carbocycles. The average molecular weight is 365 g/mol. The first kappa shape index (κ1) is 17.8. The zero-order chi connectivity index (χ0) is 18.6. The molecule has 140 valence electrons. The maximum absolute atomic E-state index is 12.4. The molecule has 3 aromatic rings. The Hall–Kier alpha value is -2.63. The summed E-state index contributed by atoms with van der Waals surface area (Å²) in [5.74, 6) is -0.319. The minimum Gasteiger partial charge on any atom is -0.461 e. The van der Waals surface area contributed by atoms with E-state index < -0.39 is 0 Å². The fraction of sp³-hybridized carbons (Fsp3) is 0.318. The summed E-state index contributed by atoms with van der Waals surface area (Å²) >= 11 is 0. The number of fused-ring (bicyclic) bond motifs is 1. The molecule has 5 nitrogen and oxygen atoms in total. The van der Waals surface area contributed by atoms with E-state index in [1.54, 1.807) is 12.1 Å². The van der Waals surface area contributed by atoms with Gasteiger partial charge in [-0.3, -0.25) is 0 Å². The Morgan fingerprint density at radius 3 is 2.59 bits per heavy atom. The normalized spacial score (nSPS) is 15.9. The van der Waals surface area contributed by atoms with Gasteiger partial charge in [-0.1, -0.05) is 36.4 Å². The van der Waals surface area contributed by atoms with E-state index in [1.807, 2.05) is 37.4 Å². The van der Waals surface area contributed by atoms with Gasteiger partial charge in [0.1, 0.15) is 0 Å². The van der Waals surface area contributed by atoms with E-state index in [1.165, 1.54) is 5.39 Å². The molecule has 0 radical (unpaired) electrons. The summed E-state index contributed by atoms with van der Waals surface area (Å²) in [6.45, 7) is 1.50. The predicted octanol–water partition coefficient (Wildman–Crippen LogP) is 3.88. The molecule has 1 aliphatic heterocycles. The summed E-state index contributed by atoms with van der Waals surface area (Å²) in [7, 11) is 2.03. The van der Waals surface area contributed by atoms with Crippen LogP contribution in [-0.2, 0) is 21.3 Å². The van der Waals surface area contributed by atoms with Gasteiger partial charge in [0.2, 0.25) is 0 Å². The van der Waals surface area contributed by atoms with Crippen molar-refractivity contribution in [3.8, 4) is 0 Å². The Bertz CT molecular complexity index is 912. The van der Waals surface area contributed by atoms with Crippen LogP contribution < -0.4 is 0 Å². The number of hydrogen-bond acceptors (Lipinski definition) is 4. The number of aryl methyl sites for hydroxylation is 1. The van der Waals surface area contributed by atoms with Crippen molar-refractivity contribution in [2.75, 3.05) is 19.8 Å². The van der Waals surface area contributed by atoms with E-state index in [4.69, 9.17) is 14.2 Å². The van der Waals surface area contributed by atoms with E-state index in [2.05, 4.69) is 22.9 Å². The lowest BCUT2D eigenvalue weighted by Crippen LogP contribution is -2.19. The third kappa shape index (κ3) is 3.89. The number of carbonyl (C=O) groups is 1. The Kier molecular flexibility index (Phi) is 5.23. The van der Waals surface area contributed by atoms with Crippen LogP contribution in [0.25, 0.3) is 10.9 Å². The van der Waals surface area contributed by atoms with Gasteiger partial charge in [0.05, 0.1) is 25.4 Å². The highest BCUT2D eigenvalue weighted by molar-refractivity contribution is 5.89. The maximum Gasteiger partial charge on any atom is 0.338 e. The van der Waals surface area contributed by atoms with Gasteiger partial charge >= 0.3 is 5.97 Å². The Labute approximate surface area is 158 Å². The predicted molar refractivity (Wildman–Crippen MR) is 103 cm³/mol. The lowest BCUT2D eigenvalue weighted by Gasteiger charge is -2.20. The van der Waals surface area contributed by atoms with Crippen LogP contribution in [0.3, 0.4) is 0 Å². The zero-order valence-corrected chi connectivity index (χ0v) is 15.3. The number of rotatable bonds is 6. The molecule has 0 N–H and O–H groups in total. The van der Waals surface area contributed by atoms with Crippen molar-refractivity contribution in [1.82, 2.24) is 4.57 Å². The molecule has 1 saturated heterocycles. The minimum atomic E-state index is -0.311. The molecule has 1 aromatic heterocycles. The van der Waals surface area contributed by atoms with E-state index in [-0.39, 0.29) is 24.8 Å². The third-order valence-electron chi connectivity index (χ3n) is 4.96. The molecule has 4 rings (SSSR count). The van der Waals surface area contributed by atoms with Gasteiger partial charge < -0.3 is 18.8 Å². The van der Waals surface area contributed by atoms with E-state index >= 15 is 0 Å². The molecule has 1 fully saturated rings. The lowest BCUT2D eigenvalue weighted by atomic mass is 9.95. The summed E-state index contributed by atoms with van der Waals surface area (Å²) in [5.41, 5.74) is 2.86. The largest absolute Gasteiger partial charge is 0.461 e. The highest BCUT2D eigenvalue weighted by Gasteiger charge is 2.26. The van der Waals surface area contributed by atoms with Gasteiger partial charge in [-0.15, -0.1) is 0 Å². The van der Waals surface area contributed by atoms with E-state index in [0.717, 1.165) is 11.1 Å². The van der Waals surface area contributed by atoms with Crippen LogP contribution in [-0.4, -0.2) is 36.6 Å². The second kappa shape index (κ2) is 7.94. The summed E-state index contributed by atoms with van der Waals surface area (Å²) in [4.78, 5) is 12.4. The smallest absolute Gasteiger partial charge is 0.338 e. The second-order valence-electron chi connectivity index (χ2n) is 6.78. The molecule has 27 heavy (non-hydrogen) atoms. The Balaban J connectivity index is 1.57. The third-order valence-corrected chi connectivity index (χ3v) is 4.96. The standard InChI is InChI=1S/C22H23NO4/c1-23-14-19(18-9-5-6-10-20(18)23)17(13-21-25-11-12-26-21)15-27-22(24)16-7-3-2-4-8-16/h2-10,14,17,21H,11-13,15H2,1H3/t17-/m0/s1. The van der Waals surface area contributed by atoms with Gasteiger partial charge in [0.25, 0.3) is 0 Å². The van der Waals surface area contributed by atoms with E-state index in [9.17, 15) is 4.79 Å². The fourth-order valence-corrected chi connectivity index (χ4v) is 3.59. The molecule has 2 aromatic carbocycles. The lowest BCUT2D eigenvalue weighted by molar-refractivity contribution is -0.0548. The van der Waals surface area contributed by atoms with Crippen LogP contribution >= 0.6 is 0 Å². The number of esters is 1. The fourth-order valence-electron chi connectivity index (χ4n) is 3.59. The van der Waals surface area contributed by atoms with Crippen molar-refractivity contribution < 1.29 is 19.0 Å². The van der Waals surface area contributed by atoms with Crippen molar-refractivity contribution in [2.24, 2.45) is 7.05 Å². The van der Waals surface area contributed by atoms with Gasteiger partial charge in [-0.25, -0.2) is 4.79 Å². The molecule has 0 spiro atoms. The van der Waals surface area contributed by atoms with Gasteiger partial charge in [0, 0.05) is 36.5 Å². The quantitative estimate of drug-likeness (QED) is 0.622. The van der Waals surface area contributed by atoms with Crippen LogP contribution in [0, 0.1) is 0 Å². The van der Waals surface area contributed by atoms with E-state index in [0.29, 0.717) is 25.2 Å². The topological polar surface area (TPSA) is 49.7 Å². The summed E-state index contributed by atoms with van der Waals surface area (Å²) in [6, 6.07) is 17.3.